The first kappa shape index (κ1) is 44.0. The van der Waals surface area contributed by atoms with Crippen molar-refractivity contribution in [1.82, 2.24) is 15.2 Å². The number of carbonyl (C=O) groups excluding carboxylic acids is 1. The molecule has 0 radical (unpaired) electrons. The molecule has 0 fully saturated rings. The van der Waals surface area contributed by atoms with Crippen LogP contribution in [0.5, 0.6) is 0 Å². The van der Waals surface area contributed by atoms with Crippen molar-refractivity contribution in [3.8, 4) is 0 Å². The van der Waals surface area contributed by atoms with Crippen molar-refractivity contribution in [3.63, 3.8) is 0 Å². The Morgan fingerprint density at radius 3 is 2.05 bits per heavy atom. The lowest BCUT2D eigenvalue weighted by Crippen LogP contribution is -2.33. The van der Waals surface area contributed by atoms with Crippen LogP contribution < -0.4 is 10.6 Å². The van der Waals surface area contributed by atoms with E-state index in [2.05, 4.69) is 81.0 Å². The van der Waals surface area contributed by atoms with E-state index in [0.717, 1.165) is 25.3 Å². The number of ether oxygens (including phenoxy) is 2. The predicted octanol–water partition coefficient (Wildman–Crippen LogP) is 7.33. The summed E-state index contributed by atoms with van der Waals surface area (Å²) >= 11 is 0. The second-order valence-corrected chi connectivity index (χ2v) is 10.4. The van der Waals surface area contributed by atoms with Gasteiger partial charge in [0.1, 0.15) is 0 Å². The predicted molar refractivity (Wildman–Crippen MR) is 179 cm³/mol. The number of aromatic nitrogens is 1. The molecule has 42 heavy (non-hydrogen) atoms. The van der Waals surface area contributed by atoms with Gasteiger partial charge in [0, 0.05) is 43.9 Å². The molecule has 1 heterocycles. The number of nitrogens with zero attached hydrogens (tertiary/aromatic N) is 1. The van der Waals surface area contributed by atoms with Gasteiger partial charge in [0.15, 0.2) is 0 Å². The summed E-state index contributed by atoms with van der Waals surface area (Å²) in [7, 11) is 3.75. The number of para-hydroxylation sites is 1. The van der Waals surface area contributed by atoms with Gasteiger partial charge in [-0.2, -0.15) is 0 Å². The van der Waals surface area contributed by atoms with Gasteiger partial charge in [-0.05, 0) is 78.1 Å². The fourth-order valence-electron chi connectivity index (χ4n) is 3.40. The quantitative estimate of drug-likeness (QED) is 0.198. The Bertz CT molecular complexity index is 910. The molecule has 0 bridgehead atoms. The van der Waals surface area contributed by atoms with E-state index in [1.165, 1.54) is 23.0 Å². The van der Waals surface area contributed by atoms with Crippen LogP contribution in [-0.4, -0.2) is 67.6 Å². The molecule has 0 aliphatic carbocycles. The van der Waals surface area contributed by atoms with Crippen LogP contribution in [0.1, 0.15) is 101 Å². The molecule has 0 aliphatic rings. The van der Waals surface area contributed by atoms with Crippen molar-refractivity contribution >= 4 is 22.8 Å². The highest BCUT2D eigenvalue weighted by molar-refractivity contribution is 5.82. The molecule has 0 atom stereocenters. The highest BCUT2D eigenvalue weighted by Crippen LogP contribution is 2.20. The van der Waals surface area contributed by atoms with Gasteiger partial charge < -0.3 is 29.8 Å². The second-order valence-electron chi connectivity index (χ2n) is 10.4. The van der Waals surface area contributed by atoms with Crippen LogP contribution in [0.4, 0.5) is 0 Å². The Kier molecular flexibility index (Phi) is 30.1. The summed E-state index contributed by atoms with van der Waals surface area (Å²) in [5.41, 5.74) is 2.30. The minimum Gasteiger partial charge on any atom is -0.481 e. The van der Waals surface area contributed by atoms with Gasteiger partial charge in [-0.15, -0.1) is 0 Å². The van der Waals surface area contributed by atoms with Gasteiger partial charge in [-0.25, -0.2) is 0 Å². The number of carboxylic acid groups (broad SMARTS) is 1. The molecule has 2 aromatic rings. The van der Waals surface area contributed by atoms with E-state index >= 15 is 0 Å². The zero-order valence-electron chi connectivity index (χ0n) is 29.1. The third-order valence-electron chi connectivity index (χ3n) is 5.89. The largest absolute Gasteiger partial charge is 0.481 e. The highest BCUT2D eigenvalue weighted by atomic mass is 16.5. The lowest BCUT2D eigenvalue weighted by Gasteiger charge is -2.24. The van der Waals surface area contributed by atoms with Crippen molar-refractivity contribution in [2.24, 2.45) is 5.92 Å². The molecule has 0 saturated heterocycles. The maximum atomic E-state index is 12.2. The Balaban J connectivity index is -0.000000694. The second kappa shape index (κ2) is 28.7. The van der Waals surface area contributed by atoms with E-state index < -0.39 is 5.97 Å². The van der Waals surface area contributed by atoms with Crippen LogP contribution in [0.2, 0.25) is 0 Å². The summed E-state index contributed by atoms with van der Waals surface area (Å²) in [5.74, 6) is 0.176. The third kappa shape index (κ3) is 24.2. The number of aryl methyl sites for hydroxylation is 2. The number of aliphatic carboxylic acids is 1. The molecule has 1 amide bonds. The molecular weight excluding hydrogens is 530 g/mol. The van der Waals surface area contributed by atoms with Gasteiger partial charge in [0.05, 0.1) is 18.6 Å². The fourth-order valence-corrected chi connectivity index (χ4v) is 3.40. The van der Waals surface area contributed by atoms with E-state index in [1.54, 1.807) is 0 Å². The van der Waals surface area contributed by atoms with Gasteiger partial charge in [0.25, 0.3) is 0 Å². The fraction of sp³-hybridized carbons (Fsp3) is 0.706. The number of carboxylic acids is 1. The molecule has 1 aromatic carbocycles. The van der Waals surface area contributed by atoms with E-state index in [-0.39, 0.29) is 17.9 Å². The van der Waals surface area contributed by atoms with Gasteiger partial charge in [0.2, 0.25) is 5.91 Å². The van der Waals surface area contributed by atoms with Crippen molar-refractivity contribution in [2.45, 2.75) is 113 Å². The average Bonchev–Trinajstić information content (AvgIpc) is 3.31. The molecule has 0 aliphatic heterocycles. The standard InChI is InChI=1S/C20H30N2O2.C5H10O3.C5H12.C2H7N.C2H6/c1-5-17-15-16-9-7-8-10-18(16)22(17)14-11-19(23)21-13-12-20(3,4)24-6-2;1-2-8-4-3-5(6)7;1-4-5(2)3;1-3-2;1-2/h7-10,15H,5-6,11-14H2,1-4H3,(H,21,23);2-4H2,1H3,(H,6,7);5H,4H2,1-3H3;3H,1-2H3;1-2H3. The molecule has 1 aromatic heterocycles. The average molecular weight is 596 g/mol. The molecule has 0 spiro atoms. The first-order chi connectivity index (χ1) is 19.9. The molecule has 8 heteroatoms. The molecule has 8 nitrogen and oxygen atoms in total. The number of fused-ring (bicyclic) bond motifs is 1. The lowest BCUT2D eigenvalue weighted by molar-refractivity contribution is -0.138. The Labute approximate surface area is 257 Å². The number of rotatable bonds is 14. The first-order valence-electron chi connectivity index (χ1n) is 15.8. The zero-order valence-corrected chi connectivity index (χ0v) is 29.1. The van der Waals surface area contributed by atoms with Crippen LogP contribution >= 0.6 is 0 Å². The smallest absolute Gasteiger partial charge is 0.305 e. The monoisotopic (exact) mass is 595 g/mol. The summed E-state index contributed by atoms with van der Waals surface area (Å²) in [4.78, 5) is 21.9. The summed E-state index contributed by atoms with van der Waals surface area (Å²) < 4.78 is 12.7. The van der Waals surface area contributed by atoms with E-state index in [9.17, 15) is 9.59 Å². The van der Waals surface area contributed by atoms with Gasteiger partial charge in [-0.1, -0.05) is 66.2 Å². The topological polar surface area (TPSA) is 102 Å². The molecule has 0 unspecified atom stereocenters. The van der Waals surface area contributed by atoms with E-state index in [1.807, 2.05) is 47.9 Å². The maximum absolute atomic E-state index is 12.2. The van der Waals surface area contributed by atoms with Crippen LogP contribution in [0.3, 0.4) is 0 Å². The zero-order chi connectivity index (χ0) is 33.0. The van der Waals surface area contributed by atoms with Crippen LogP contribution in [0.25, 0.3) is 10.9 Å². The number of nitrogens with one attached hydrogen (secondary N) is 2. The number of hydrogen-bond donors (Lipinski definition) is 3. The van der Waals surface area contributed by atoms with Crippen molar-refractivity contribution in [2.75, 3.05) is 40.5 Å². The van der Waals surface area contributed by atoms with Crippen LogP contribution in [0, 0.1) is 5.92 Å². The number of benzene rings is 1. The molecule has 3 N–H and O–H groups in total. The lowest BCUT2D eigenvalue weighted by atomic mass is 10.1. The van der Waals surface area contributed by atoms with Crippen molar-refractivity contribution < 1.29 is 24.2 Å². The minimum atomic E-state index is -0.807. The number of hydrogen-bond acceptors (Lipinski definition) is 5. The molecular formula is C34H65N3O5. The normalized spacial score (nSPS) is 10.2. The van der Waals surface area contributed by atoms with Crippen molar-refractivity contribution in [1.29, 1.82) is 0 Å². The minimum absolute atomic E-state index is 0.0992. The van der Waals surface area contributed by atoms with Gasteiger partial charge >= 0.3 is 5.97 Å². The molecule has 0 saturated carbocycles. The molecule has 2 rings (SSSR count). The third-order valence-corrected chi connectivity index (χ3v) is 5.89. The number of amides is 1. The van der Waals surface area contributed by atoms with E-state index in [0.29, 0.717) is 32.8 Å². The summed E-state index contributed by atoms with van der Waals surface area (Å²) in [6.45, 7) is 23.7. The first-order valence-corrected chi connectivity index (χ1v) is 15.8. The van der Waals surface area contributed by atoms with Crippen molar-refractivity contribution in [3.05, 3.63) is 36.0 Å². The van der Waals surface area contributed by atoms with E-state index in [4.69, 9.17) is 14.6 Å². The Morgan fingerprint density at radius 1 is 1.00 bits per heavy atom. The summed E-state index contributed by atoms with van der Waals surface area (Å²) in [6, 6.07) is 10.6. The Hall–Kier alpha value is -2.42. The number of carbonyl (C=O) groups is 2. The highest BCUT2D eigenvalue weighted by Gasteiger charge is 2.17. The van der Waals surface area contributed by atoms with Crippen LogP contribution in [0.15, 0.2) is 30.3 Å². The Morgan fingerprint density at radius 2 is 1.57 bits per heavy atom. The summed E-state index contributed by atoms with van der Waals surface area (Å²) in [5, 5.41) is 15.1. The maximum Gasteiger partial charge on any atom is 0.305 e. The SMILES string of the molecule is CC.CCC(C)C.CCOC(C)(C)CCNC(=O)CCn1c(CC)cc2ccccc21.CCOCCC(=O)O.CNC. The summed E-state index contributed by atoms with van der Waals surface area (Å²) in [6.07, 6.45) is 3.70. The molecule has 246 valence electrons. The van der Waals surface area contributed by atoms with Gasteiger partial charge in [-0.3, -0.25) is 9.59 Å². The van der Waals surface area contributed by atoms with Crippen LogP contribution in [-0.2, 0) is 32.0 Å².